The maximum absolute atomic E-state index is 13.9. The predicted octanol–water partition coefficient (Wildman–Crippen LogP) is 2.21. The van der Waals surface area contributed by atoms with Crippen LogP contribution < -0.4 is 0 Å². The van der Waals surface area contributed by atoms with E-state index in [9.17, 15) is 13.6 Å². The predicted molar refractivity (Wildman–Crippen MR) is 77.8 cm³/mol. The third-order valence-corrected chi connectivity index (χ3v) is 4.12. The number of carbonyl (C=O) groups excluding carboxylic acids is 1. The molecule has 4 rings (SSSR count). The summed E-state index contributed by atoms with van der Waals surface area (Å²) < 4.78 is 29.3. The summed E-state index contributed by atoms with van der Waals surface area (Å²) in [5.41, 5.74) is 1.72. The zero-order chi connectivity index (χ0) is 16.0. The lowest BCUT2D eigenvalue weighted by molar-refractivity contribution is 0.0730. The lowest BCUT2D eigenvalue weighted by Gasteiger charge is -2.29. The number of amides is 1. The fourth-order valence-corrected chi connectivity index (χ4v) is 2.90. The van der Waals surface area contributed by atoms with Crippen molar-refractivity contribution in [3.63, 3.8) is 0 Å². The number of hydrogen-bond acceptors (Lipinski definition) is 3. The summed E-state index contributed by atoms with van der Waals surface area (Å²) in [5.74, 6) is -1.12. The molecular weight excluding hydrogens is 302 g/mol. The van der Waals surface area contributed by atoms with Gasteiger partial charge in [0.05, 0.1) is 5.56 Å². The molecule has 0 saturated heterocycles. The maximum Gasteiger partial charge on any atom is 0.255 e. The van der Waals surface area contributed by atoms with Crippen LogP contribution in [0.1, 0.15) is 21.5 Å². The van der Waals surface area contributed by atoms with Crippen LogP contribution in [-0.4, -0.2) is 31.9 Å². The molecular formula is C16H12F2N4O. The average Bonchev–Trinajstić information content (AvgIpc) is 3.05. The van der Waals surface area contributed by atoms with Crippen molar-refractivity contribution >= 4 is 11.6 Å². The van der Waals surface area contributed by atoms with Gasteiger partial charge in [0.2, 0.25) is 0 Å². The fraction of sp³-hybridized carbons (Fsp3) is 0.188. The van der Waals surface area contributed by atoms with Gasteiger partial charge in [-0.3, -0.25) is 9.20 Å². The molecule has 0 radical (unpaired) electrons. The quantitative estimate of drug-likeness (QED) is 0.692. The molecule has 1 aliphatic heterocycles. The molecule has 0 bridgehead atoms. The molecule has 1 aliphatic rings. The SMILES string of the molecule is O=C(c1ccc2nncn2c1)N1CCc2c(F)ccc(F)c2C1. The van der Waals surface area contributed by atoms with Crippen molar-refractivity contribution < 1.29 is 13.6 Å². The monoisotopic (exact) mass is 314 g/mol. The van der Waals surface area contributed by atoms with E-state index >= 15 is 0 Å². The van der Waals surface area contributed by atoms with E-state index in [1.807, 2.05) is 0 Å². The molecule has 0 fully saturated rings. The first-order valence-corrected chi connectivity index (χ1v) is 7.18. The van der Waals surface area contributed by atoms with Crippen LogP contribution in [0, 0.1) is 11.6 Å². The topological polar surface area (TPSA) is 50.5 Å². The van der Waals surface area contributed by atoms with E-state index in [4.69, 9.17) is 0 Å². The number of nitrogens with zero attached hydrogens (tertiary/aromatic N) is 4. The lowest BCUT2D eigenvalue weighted by atomic mass is 9.98. The Bertz CT molecular complexity index is 922. The highest BCUT2D eigenvalue weighted by Crippen LogP contribution is 2.25. The first kappa shape index (κ1) is 13.8. The zero-order valence-corrected chi connectivity index (χ0v) is 12.0. The van der Waals surface area contributed by atoms with E-state index < -0.39 is 11.6 Å². The highest BCUT2D eigenvalue weighted by atomic mass is 19.1. The minimum atomic E-state index is -0.479. The van der Waals surface area contributed by atoms with Gasteiger partial charge in [0.15, 0.2) is 5.65 Å². The van der Waals surface area contributed by atoms with E-state index in [0.717, 1.165) is 12.1 Å². The molecule has 3 aromatic rings. The Kier molecular flexibility index (Phi) is 3.07. The Balaban J connectivity index is 1.66. The van der Waals surface area contributed by atoms with Crippen LogP contribution in [0.4, 0.5) is 8.78 Å². The molecule has 0 atom stereocenters. The number of fused-ring (bicyclic) bond motifs is 2. The maximum atomic E-state index is 13.9. The van der Waals surface area contributed by atoms with Gasteiger partial charge in [-0.15, -0.1) is 10.2 Å². The fourth-order valence-electron chi connectivity index (χ4n) is 2.90. The molecule has 0 unspecified atom stereocenters. The lowest BCUT2D eigenvalue weighted by Crippen LogP contribution is -2.37. The summed E-state index contributed by atoms with van der Waals surface area (Å²) in [4.78, 5) is 14.2. The molecule has 0 N–H and O–H groups in total. The summed E-state index contributed by atoms with van der Waals surface area (Å²) in [7, 11) is 0. The van der Waals surface area contributed by atoms with Crippen molar-refractivity contribution in [2.75, 3.05) is 6.54 Å². The van der Waals surface area contributed by atoms with Crippen molar-refractivity contribution in [2.45, 2.75) is 13.0 Å². The summed E-state index contributed by atoms with van der Waals surface area (Å²) in [6.07, 6.45) is 3.45. The average molecular weight is 314 g/mol. The van der Waals surface area contributed by atoms with Crippen LogP contribution in [0.2, 0.25) is 0 Å². The van der Waals surface area contributed by atoms with Crippen LogP contribution in [0.3, 0.4) is 0 Å². The van der Waals surface area contributed by atoms with Crippen molar-refractivity contribution in [3.05, 3.63) is 65.1 Å². The van der Waals surface area contributed by atoms with Crippen LogP contribution in [0.5, 0.6) is 0 Å². The van der Waals surface area contributed by atoms with E-state index in [-0.39, 0.29) is 18.0 Å². The molecule has 0 saturated carbocycles. The van der Waals surface area contributed by atoms with Crippen molar-refractivity contribution in [1.29, 1.82) is 0 Å². The molecule has 5 nitrogen and oxygen atoms in total. The highest BCUT2D eigenvalue weighted by Gasteiger charge is 2.26. The Morgan fingerprint density at radius 2 is 1.87 bits per heavy atom. The summed E-state index contributed by atoms with van der Waals surface area (Å²) >= 11 is 0. The number of benzene rings is 1. The van der Waals surface area contributed by atoms with E-state index in [1.165, 1.54) is 11.2 Å². The highest BCUT2D eigenvalue weighted by molar-refractivity contribution is 5.94. The molecule has 2 aromatic heterocycles. The molecule has 0 spiro atoms. The van der Waals surface area contributed by atoms with Crippen molar-refractivity contribution in [3.8, 4) is 0 Å². The normalized spacial score (nSPS) is 14.1. The zero-order valence-electron chi connectivity index (χ0n) is 12.0. The molecule has 7 heteroatoms. The van der Waals surface area contributed by atoms with Gasteiger partial charge >= 0.3 is 0 Å². The Labute approximate surface area is 130 Å². The summed E-state index contributed by atoms with van der Waals surface area (Å²) in [6.45, 7) is 0.421. The van der Waals surface area contributed by atoms with Crippen molar-refractivity contribution in [2.24, 2.45) is 0 Å². The molecule has 116 valence electrons. The molecule has 0 aliphatic carbocycles. The van der Waals surface area contributed by atoms with E-state index in [2.05, 4.69) is 10.2 Å². The van der Waals surface area contributed by atoms with Gasteiger partial charge in [0.25, 0.3) is 5.91 Å². The molecule has 23 heavy (non-hydrogen) atoms. The third-order valence-electron chi connectivity index (χ3n) is 4.12. The van der Waals surface area contributed by atoms with Crippen LogP contribution in [0.15, 0.2) is 36.8 Å². The number of aromatic nitrogens is 3. The van der Waals surface area contributed by atoms with E-state index in [0.29, 0.717) is 29.7 Å². The second kappa shape index (κ2) is 5.12. The third kappa shape index (κ3) is 2.25. The van der Waals surface area contributed by atoms with Gasteiger partial charge in [-0.2, -0.15) is 0 Å². The largest absolute Gasteiger partial charge is 0.334 e. The molecule has 3 heterocycles. The molecule has 1 amide bonds. The second-order valence-corrected chi connectivity index (χ2v) is 5.48. The van der Waals surface area contributed by atoms with Gasteiger partial charge in [-0.25, -0.2) is 8.78 Å². The Morgan fingerprint density at radius 3 is 2.70 bits per heavy atom. The summed E-state index contributed by atoms with van der Waals surface area (Å²) in [6, 6.07) is 5.58. The van der Waals surface area contributed by atoms with Crippen LogP contribution >= 0.6 is 0 Å². The molecule has 1 aromatic carbocycles. The number of carbonyl (C=O) groups is 1. The van der Waals surface area contributed by atoms with Gasteiger partial charge in [-0.1, -0.05) is 0 Å². The van der Waals surface area contributed by atoms with Gasteiger partial charge in [-0.05, 0) is 36.2 Å². The van der Waals surface area contributed by atoms with E-state index in [1.54, 1.807) is 22.7 Å². The number of halogens is 2. The first-order chi connectivity index (χ1) is 11.1. The summed E-state index contributed by atoms with van der Waals surface area (Å²) in [5, 5.41) is 7.64. The minimum Gasteiger partial charge on any atom is -0.334 e. The standard InChI is InChI=1S/C16H12F2N4O/c17-13-2-3-14(18)12-8-21(6-5-11(12)13)16(23)10-1-4-15-20-19-9-22(15)7-10/h1-4,7,9H,5-6,8H2. The van der Waals surface area contributed by atoms with Gasteiger partial charge < -0.3 is 4.90 Å². The number of rotatable bonds is 1. The number of pyridine rings is 1. The Hall–Kier alpha value is -2.83. The number of hydrogen-bond donors (Lipinski definition) is 0. The Morgan fingerprint density at radius 1 is 1.09 bits per heavy atom. The van der Waals surface area contributed by atoms with Gasteiger partial charge in [0.1, 0.15) is 18.0 Å². The van der Waals surface area contributed by atoms with Crippen LogP contribution in [0.25, 0.3) is 5.65 Å². The van der Waals surface area contributed by atoms with Crippen LogP contribution in [-0.2, 0) is 13.0 Å². The smallest absolute Gasteiger partial charge is 0.255 e. The van der Waals surface area contributed by atoms with Gasteiger partial charge in [0, 0.05) is 24.8 Å². The first-order valence-electron chi connectivity index (χ1n) is 7.18. The van der Waals surface area contributed by atoms with Crippen molar-refractivity contribution in [1.82, 2.24) is 19.5 Å². The second-order valence-electron chi connectivity index (χ2n) is 5.48. The minimum absolute atomic E-state index is 0.0674.